The maximum absolute atomic E-state index is 13.5. The van der Waals surface area contributed by atoms with Crippen LogP contribution in [-0.2, 0) is 21.5 Å². The Morgan fingerprint density at radius 3 is 2.67 bits per heavy atom. The average Bonchev–Trinajstić information content (AvgIpc) is 3.11. The van der Waals surface area contributed by atoms with E-state index in [2.05, 4.69) is 5.32 Å². The van der Waals surface area contributed by atoms with Crippen molar-refractivity contribution in [2.45, 2.75) is 24.8 Å². The van der Waals surface area contributed by atoms with Gasteiger partial charge in [0.1, 0.15) is 5.82 Å². The van der Waals surface area contributed by atoms with Gasteiger partial charge < -0.3 is 14.6 Å². The first-order chi connectivity index (χ1) is 13.2. The van der Waals surface area contributed by atoms with Crippen molar-refractivity contribution in [3.8, 4) is 0 Å². The highest BCUT2D eigenvalue weighted by molar-refractivity contribution is 5.88. The lowest BCUT2D eigenvalue weighted by Crippen LogP contribution is -2.48. The van der Waals surface area contributed by atoms with Crippen molar-refractivity contribution in [3.05, 3.63) is 72.2 Å². The van der Waals surface area contributed by atoms with Gasteiger partial charge >= 0.3 is 0 Å². The zero-order valence-electron chi connectivity index (χ0n) is 15.2. The Hall–Kier alpha value is -2.66. The van der Waals surface area contributed by atoms with Gasteiger partial charge in [-0.25, -0.2) is 4.39 Å². The van der Waals surface area contributed by atoms with Crippen LogP contribution in [0.15, 0.2) is 60.8 Å². The van der Waals surface area contributed by atoms with Crippen molar-refractivity contribution in [1.29, 1.82) is 0 Å². The summed E-state index contributed by atoms with van der Waals surface area (Å²) in [6, 6.07) is 16.7. The number of ether oxygens (including phenoxy) is 1. The van der Waals surface area contributed by atoms with Gasteiger partial charge in [-0.05, 0) is 48.1 Å². The molecule has 1 fully saturated rings. The Morgan fingerprint density at radius 2 is 1.89 bits per heavy atom. The van der Waals surface area contributed by atoms with Crippen molar-refractivity contribution in [3.63, 3.8) is 0 Å². The monoisotopic (exact) mass is 366 g/mol. The standard InChI is InChI=1S/C22H23FN2O2/c23-19-7-6-17-8-12-25(20(17)16-19)13-11-24-21(26)22(9-14-27-15-10-22)18-4-2-1-3-5-18/h1-8,12,16H,9-11,13-15H2,(H,24,26). The SMILES string of the molecule is O=C(NCCn1ccc2ccc(F)cc21)C1(c2ccccc2)CCOCC1. The zero-order chi connectivity index (χ0) is 18.7. The minimum absolute atomic E-state index is 0.0413. The number of carbonyl (C=O) groups is 1. The van der Waals surface area contributed by atoms with Gasteiger partial charge in [-0.1, -0.05) is 30.3 Å². The van der Waals surface area contributed by atoms with E-state index in [1.807, 2.05) is 47.2 Å². The molecule has 1 aromatic heterocycles. The van der Waals surface area contributed by atoms with Crippen LogP contribution in [0.4, 0.5) is 4.39 Å². The zero-order valence-corrected chi connectivity index (χ0v) is 15.2. The molecule has 2 heterocycles. The Morgan fingerprint density at radius 1 is 1.11 bits per heavy atom. The van der Waals surface area contributed by atoms with Crippen LogP contribution >= 0.6 is 0 Å². The van der Waals surface area contributed by atoms with Gasteiger partial charge in [0.15, 0.2) is 0 Å². The van der Waals surface area contributed by atoms with Crippen LogP contribution in [0.25, 0.3) is 10.9 Å². The molecule has 4 rings (SSSR count). The Bertz CT molecular complexity index is 930. The molecule has 2 aromatic carbocycles. The summed E-state index contributed by atoms with van der Waals surface area (Å²) in [5, 5.41) is 4.09. The molecule has 1 saturated heterocycles. The van der Waals surface area contributed by atoms with E-state index >= 15 is 0 Å². The van der Waals surface area contributed by atoms with Crippen LogP contribution in [0.1, 0.15) is 18.4 Å². The number of rotatable bonds is 5. The molecule has 0 spiro atoms. The van der Waals surface area contributed by atoms with Gasteiger partial charge in [-0.3, -0.25) is 4.79 Å². The summed E-state index contributed by atoms with van der Waals surface area (Å²) in [6.45, 7) is 2.27. The molecule has 3 aromatic rings. The highest BCUT2D eigenvalue weighted by Gasteiger charge is 2.41. The molecular formula is C22H23FN2O2. The van der Waals surface area contributed by atoms with Crippen LogP contribution in [0.2, 0.25) is 0 Å². The predicted molar refractivity (Wildman–Crippen MR) is 103 cm³/mol. The van der Waals surface area contributed by atoms with Crippen molar-refractivity contribution >= 4 is 16.8 Å². The number of hydrogen-bond acceptors (Lipinski definition) is 2. The molecule has 1 N–H and O–H groups in total. The van der Waals surface area contributed by atoms with Crippen molar-refractivity contribution in [2.24, 2.45) is 0 Å². The molecule has 4 nitrogen and oxygen atoms in total. The van der Waals surface area contributed by atoms with Crippen LogP contribution in [0, 0.1) is 5.82 Å². The minimum atomic E-state index is -0.537. The maximum atomic E-state index is 13.5. The lowest BCUT2D eigenvalue weighted by molar-refractivity contribution is -0.130. The minimum Gasteiger partial charge on any atom is -0.381 e. The third kappa shape index (κ3) is 3.47. The molecule has 1 amide bonds. The number of amides is 1. The number of carbonyl (C=O) groups excluding carboxylic acids is 1. The highest BCUT2D eigenvalue weighted by Crippen LogP contribution is 2.35. The summed E-state index contributed by atoms with van der Waals surface area (Å²) in [7, 11) is 0. The smallest absolute Gasteiger partial charge is 0.230 e. The second kappa shape index (κ2) is 7.53. The number of fused-ring (bicyclic) bond motifs is 1. The average molecular weight is 366 g/mol. The van der Waals surface area contributed by atoms with E-state index in [-0.39, 0.29) is 11.7 Å². The van der Waals surface area contributed by atoms with Gasteiger partial charge in [0, 0.05) is 32.5 Å². The van der Waals surface area contributed by atoms with Gasteiger partial charge in [0.05, 0.1) is 10.9 Å². The Labute approximate surface area is 157 Å². The van der Waals surface area contributed by atoms with Gasteiger partial charge in [0.2, 0.25) is 5.91 Å². The van der Waals surface area contributed by atoms with Gasteiger partial charge in [0.25, 0.3) is 0 Å². The summed E-state index contributed by atoms with van der Waals surface area (Å²) in [4.78, 5) is 13.1. The van der Waals surface area contributed by atoms with E-state index in [4.69, 9.17) is 4.74 Å². The van der Waals surface area contributed by atoms with Crippen LogP contribution < -0.4 is 5.32 Å². The summed E-state index contributed by atoms with van der Waals surface area (Å²) in [5.41, 5.74) is 1.34. The van der Waals surface area contributed by atoms with Crippen LogP contribution in [0.3, 0.4) is 0 Å². The second-order valence-corrected chi connectivity index (χ2v) is 7.03. The first-order valence-electron chi connectivity index (χ1n) is 9.35. The third-order valence-corrected chi connectivity index (χ3v) is 5.48. The molecule has 0 aliphatic carbocycles. The molecule has 1 aliphatic rings. The summed E-state index contributed by atoms with van der Waals surface area (Å²) < 4.78 is 21.0. The van der Waals surface area contributed by atoms with Gasteiger partial charge in [-0.2, -0.15) is 0 Å². The van der Waals surface area contributed by atoms with E-state index in [0.29, 0.717) is 39.1 Å². The first kappa shape index (κ1) is 17.7. The molecule has 27 heavy (non-hydrogen) atoms. The van der Waals surface area contributed by atoms with E-state index in [9.17, 15) is 9.18 Å². The maximum Gasteiger partial charge on any atom is 0.230 e. The second-order valence-electron chi connectivity index (χ2n) is 7.03. The largest absolute Gasteiger partial charge is 0.381 e. The lowest BCUT2D eigenvalue weighted by Gasteiger charge is -2.36. The fourth-order valence-corrected chi connectivity index (χ4v) is 3.94. The normalized spacial score (nSPS) is 16.3. The number of hydrogen-bond donors (Lipinski definition) is 1. The van der Waals surface area contributed by atoms with Gasteiger partial charge in [-0.15, -0.1) is 0 Å². The summed E-state index contributed by atoms with van der Waals surface area (Å²) >= 11 is 0. The molecule has 0 atom stereocenters. The van der Waals surface area contributed by atoms with Crippen molar-refractivity contribution < 1.29 is 13.9 Å². The topological polar surface area (TPSA) is 43.3 Å². The number of aromatic nitrogens is 1. The summed E-state index contributed by atoms with van der Waals surface area (Å²) in [5.74, 6) is -0.212. The molecule has 5 heteroatoms. The fourth-order valence-electron chi connectivity index (χ4n) is 3.94. The van der Waals surface area contributed by atoms with Crippen LogP contribution in [0.5, 0.6) is 0 Å². The number of halogens is 1. The van der Waals surface area contributed by atoms with E-state index < -0.39 is 5.41 Å². The molecule has 0 saturated carbocycles. The van der Waals surface area contributed by atoms with E-state index in [1.165, 1.54) is 12.1 Å². The Balaban J connectivity index is 1.48. The van der Waals surface area contributed by atoms with E-state index in [0.717, 1.165) is 16.5 Å². The highest BCUT2D eigenvalue weighted by atomic mass is 19.1. The molecule has 0 unspecified atom stereocenters. The molecule has 0 bridgehead atoms. The Kier molecular flexibility index (Phi) is 4.94. The number of nitrogens with one attached hydrogen (secondary N) is 1. The third-order valence-electron chi connectivity index (χ3n) is 5.48. The van der Waals surface area contributed by atoms with Crippen molar-refractivity contribution in [1.82, 2.24) is 9.88 Å². The number of nitrogens with zero attached hydrogens (tertiary/aromatic N) is 1. The first-order valence-corrected chi connectivity index (χ1v) is 9.35. The van der Waals surface area contributed by atoms with Crippen molar-refractivity contribution in [2.75, 3.05) is 19.8 Å². The molecular weight excluding hydrogens is 343 g/mol. The van der Waals surface area contributed by atoms with Crippen LogP contribution in [-0.4, -0.2) is 30.2 Å². The van der Waals surface area contributed by atoms with E-state index in [1.54, 1.807) is 6.07 Å². The molecule has 1 aliphatic heterocycles. The fraction of sp³-hybridized carbons (Fsp3) is 0.318. The predicted octanol–water partition coefficient (Wildman–Crippen LogP) is 3.65. The lowest BCUT2D eigenvalue weighted by atomic mass is 9.73. The quantitative estimate of drug-likeness (QED) is 0.749. The molecule has 0 radical (unpaired) electrons. The summed E-state index contributed by atoms with van der Waals surface area (Å²) in [6.07, 6.45) is 3.29. The number of benzene rings is 2. The molecule has 140 valence electrons.